The fourth-order valence-electron chi connectivity index (χ4n) is 1.26. The van der Waals surface area contributed by atoms with E-state index < -0.39 is 0 Å². The number of nitrogens with one attached hydrogen (secondary N) is 2. The van der Waals surface area contributed by atoms with Crippen LogP contribution in [0.2, 0.25) is 0 Å². The lowest BCUT2D eigenvalue weighted by molar-refractivity contribution is 0.0870. The third-order valence-electron chi connectivity index (χ3n) is 1.99. The molecule has 0 fully saturated rings. The van der Waals surface area contributed by atoms with Gasteiger partial charge in [0.15, 0.2) is 11.6 Å². The van der Waals surface area contributed by atoms with Crippen LogP contribution in [0, 0.1) is 0 Å². The number of ether oxygens (including phenoxy) is 2. The molecule has 0 amide bonds. The van der Waals surface area contributed by atoms with Crippen LogP contribution < -0.4 is 21.3 Å². The molecule has 0 bridgehead atoms. The lowest BCUT2D eigenvalue weighted by Gasteiger charge is -2.13. The third kappa shape index (κ3) is 4.04. The smallest absolute Gasteiger partial charge is 0.205 e. The highest BCUT2D eigenvalue weighted by Crippen LogP contribution is 2.27. The first-order chi connectivity index (χ1) is 8.19. The van der Waals surface area contributed by atoms with Gasteiger partial charge in [0.05, 0.1) is 19.8 Å². The van der Waals surface area contributed by atoms with Crippen molar-refractivity contribution in [3.8, 4) is 5.75 Å². The Balaban J connectivity index is 2.58. The summed E-state index contributed by atoms with van der Waals surface area (Å²) in [5.74, 6) is 6.83. The number of hydrazine groups is 1. The minimum absolute atomic E-state index is 0.213. The maximum atomic E-state index is 5.41. The summed E-state index contributed by atoms with van der Waals surface area (Å²) in [6.07, 6.45) is 1.62. The zero-order valence-corrected chi connectivity index (χ0v) is 10.4. The molecular formula is C10H19N5O2. The van der Waals surface area contributed by atoms with Crippen LogP contribution in [0.1, 0.15) is 13.8 Å². The summed E-state index contributed by atoms with van der Waals surface area (Å²) in [4.78, 5) is 8.02. The molecule has 7 nitrogen and oxygen atoms in total. The van der Waals surface area contributed by atoms with Gasteiger partial charge in [-0.05, 0) is 13.8 Å². The molecule has 0 radical (unpaired) electrons. The van der Waals surface area contributed by atoms with Crippen molar-refractivity contribution in [2.75, 3.05) is 31.0 Å². The zero-order valence-electron chi connectivity index (χ0n) is 10.4. The van der Waals surface area contributed by atoms with Crippen molar-refractivity contribution in [3.05, 3.63) is 6.33 Å². The summed E-state index contributed by atoms with van der Waals surface area (Å²) >= 11 is 0. The summed E-state index contributed by atoms with van der Waals surface area (Å²) in [7, 11) is 1.54. The summed E-state index contributed by atoms with van der Waals surface area (Å²) in [5, 5.41) is 3.10. The number of methoxy groups -OCH3 is 1. The van der Waals surface area contributed by atoms with E-state index in [9.17, 15) is 0 Å². The Morgan fingerprint density at radius 3 is 2.65 bits per heavy atom. The van der Waals surface area contributed by atoms with Gasteiger partial charge >= 0.3 is 0 Å². The highest BCUT2D eigenvalue weighted by atomic mass is 16.5. The number of rotatable bonds is 7. The summed E-state index contributed by atoms with van der Waals surface area (Å²) < 4.78 is 10.6. The Morgan fingerprint density at radius 1 is 1.35 bits per heavy atom. The van der Waals surface area contributed by atoms with E-state index in [0.717, 1.165) is 0 Å². The lowest BCUT2D eigenvalue weighted by Crippen LogP contribution is -2.16. The molecule has 0 aliphatic rings. The molecular weight excluding hydrogens is 222 g/mol. The highest BCUT2D eigenvalue weighted by Gasteiger charge is 2.10. The maximum absolute atomic E-state index is 5.41. The molecule has 0 spiro atoms. The molecule has 0 unspecified atom stereocenters. The van der Waals surface area contributed by atoms with E-state index in [1.807, 2.05) is 13.8 Å². The van der Waals surface area contributed by atoms with Gasteiger partial charge in [0, 0.05) is 6.54 Å². The van der Waals surface area contributed by atoms with Crippen molar-refractivity contribution in [2.45, 2.75) is 20.0 Å². The van der Waals surface area contributed by atoms with E-state index in [4.69, 9.17) is 15.3 Å². The van der Waals surface area contributed by atoms with E-state index in [0.29, 0.717) is 30.5 Å². The number of nitrogen functional groups attached to an aromatic ring is 1. The van der Waals surface area contributed by atoms with Gasteiger partial charge in [0.25, 0.3) is 0 Å². The standard InChI is InChI=1S/C10H19N5O2/c1-7(2)17-5-4-12-9-8(16-3)10(15-11)14-6-13-9/h6-7H,4-5,11H2,1-3H3,(H2,12,13,14,15). The molecule has 1 rings (SSSR count). The summed E-state index contributed by atoms with van der Waals surface area (Å²) in [6.45, 7) is 5.20. The SMILES string of the molecule is COc1c(NN)ncnc1NCCOC(C)C. The molecule has 1 aromatic heterocycles. The molecule has 1 heterocycles. The van der Waals surface area contributed by atoms with Crippen LogP contribution in [0.25, 0.3) is 0 Å². The Bertz CT molecular complexity index is 345. The van der Waals surface area contributed by atoms with E-state index in [-0.39, 0.29) is 6.10 Å². The normalized spacial score (nSPS) is 10.4. The Hall–Kier alpha value is -1.60. The van der Waals surface area contributed by atoms with E-state index in [2.05, 4.69) is 20.7 Å². The molecule has 0 atom stereocenters. The van der Waals surface area contributed by atoms with E-state index >= 15 is 0 Å². The molecule has 17 heavy (non-hydrogen) atoms. The lowest BCUT2D eigenvalue weighted by atomic mass is 10.4. The van der Waals surface area contributed by atoms with Crippen LogP contribution in [-0.2, 0) is 4.74 Å². The van der Waals surface area contributed by atoms with Gasteiger partial charge in [0.1, 0.15) is 6.33 Å². The monoisotopic (exact) mass is 241 g/mol. The van der Waals surface area contributed by atoms with Gasteiger partial charge in [-0.1, -0.05) is 0 Å². The van der Waals surface area contributed by atoms with Crippen molar-refractivity contribution in [1.82, 2.24) is 9.97 Å². The highest BCUT2D eigenvalue weighted by molar-refractivity contribution is 5.62. The predicted molar refractivity (Wildman–Crippen MR) is 66.0 cm³/mol. The molecule has 0 aliphatic heterocycles. The van der Waals surface area contributed by atoms with Gasteiger partial charge in [-0.3, -0.25) is 0 Å². The fraction of sp³-hybridized carbons (Fsp3) is 0.600. The Labute approximate surface area is 101 Å². The number of aromatic nitrogens is 2. The molecule has 7 heteroatoms. The molecule has 4 N–H and O–H groups in total. The van der Waals surface area contributed by atoms with Gasteiger partial charge in [-0.2, -0.15) is 0 Å². The van der Waals surface area contributed by atoms with Crippen LogP contribution in [0.3, 0.4) is 0 Å². The van der Waals surface area contributed by atoms with Gasteiger partial charge in [-0.25, -0.2) is 15.8 Å². The number of nitrogens with two attached hydrogens (primary N) is 1. The molecule has 96 valence electrons. The topological polar surface area (TPSA) is 94.3 Å². The first-order valence-corrected chi connectivity index (χ1v) is 5.40. The number of hydrogen-bond acceptors (Lipinski definition) is 7. The average Bonchev–Trinajstić information content (AvgIpc) is 2.33. The van der Waals surface area contributed by atoms with Crippen LogP contribution >= 0.6 is 0 Å². The number of nitrogens with zero attached hydrogens (tertiary/aromatic N) is 2. The van der Waals surface area contributed by atoms with Crippen LogP contribution in [0.5, 0.6) is 5.75 Å². The summed E-state index contributed by atoms with van der Waals surface area (Å²) in [5.41, 5.74) is 2.45. The van der Waals surface area contributed by atoms with Crippen LogP contribution in [0.15, 0.2) is 6.33 Å². The maximum Gasteiger partial charge on any atom is 0.205 e. The minimum atomic E-state index is 0.213. The quantitative estimate of drug-likeness (QED) is 0.365. The second-order valence-electron chi connectivity index (χ2n) is 3.59. The number of hydrogen-bond donors (Lipinski definition) is 3. The molecule has 0 aliphatic carbocycles. The van der Waals surface area contributed by atoms with Crippen molar-refractivity contribution < 1.29 is 9.47 Å². The Kier molecular flexibility index (Phi) is 5.44. The van der Waals surface area contributed by atoms with Crippen molar-refractivity contribution in [2.24, 2.45) is 5.84 Å². The molecule has 0 saturated heterocycles. The van der Waals surface area contributed by atoms with Crippen molar-refractivity contribution >= 4 is 11.6 Å². The van der Waals surface area contributed by atoms with Crippen molar-refractivity contribution in [3.63, 3.8) is 0 Å². The third-order valence-corrected chi connectivity index (χ3v) is 1.99. The van der Waals surface area contributed by atoms with Gasteiger partial charge in [0.2, 0.25) is 5.75 Å². The molecule has 1 aromatic rings. The zero-order chi connectivity index (χ0) is 12.7. The average molecular weight is 241 g/mol. The van der Waals surface area contributed by atoms with Crippen LogP contribution in [-0.4, -0.2) is 36.3 Å². The first kappa shape index (κ1) is 13.5. The molecule has 0 aromatic carbocycles. The van der Waals surface area contributed by atoms with E-state index in [1.165, 1.54) is 13.4 Å². The largest absolute Gasteiger partial charge is 0.490 e. The van der Waals surface area contributed by atoms with Gasteiger partial charge < -0.3 is 20.2 Å². The Morgan fingerprint density at radius 2 is 2.06 bits per heavy atom. The minimum Gasteiger partial charge on any atom is -0.490 e. The van der Waals surface area contributed by atoms with Gasteiger partial charge in [-0.15, -0.1) is 0 Å². The summed E-state index contributed by atoms with van der Waals surface area (Å²) in [6, 6.07) is 0. The number of anilines is 2. The van der Waals surface area contributed by atoms with E-state index in [1.54, 1.807) is 0 Å². The predicted octanol–water partition coefficient (Wildman–Crippen LogP) is 0.608. The fourth-order valence-corrected chi connectivity index (χ4v) is 1.26. The molecule has 0 saturated carbocycles. The van der Waals surface area contributed by atoms with Crippen LogP contribution in [0.4, 0.5) is 11.6 Å². The second-order valence-corrected chi connectivity index (χ2v) is 3.59. The first-order valence-electron chi connectivity index (χ1n) is 5.40. The second kappa shape index (κ2) is 6.87. The van der Waals surface area contributed by atoms with Crippen molar-refractivity contribution in [1.29, 1.82) is 0 Å².